The molecule has 7 heteroatoms. The van der Waals surface area contributed by atoms with Crippen LogP contribution in [0.4, 0.5) is 5.69 Å². The van der Waals surface area contributed by atoms with Gasteiger partial charge in [0.2, 0.25) is 0 Å². The van der Waals surface area contributed by atoms with Gasteiger partial charge in [-0.15, -0.1) is 11.8 Å². The van der Waals surface area contributed by atoms with Crippen LogP contribution in [0, 0.1) is 0 Å². The third kappa shape index (κ3) is 5.86. The zero-order valence-corrected chi connectivity index (χ0v) is 19.8. The molecule has 1 fully saturated rings. The summed E-state index contributed by atoms with van der Waals surface area (Å²) in [5.41, 5.74) is 4.72. The number of rotatable bonds is 8. The van der Waals surface area contributed by atoms with E-state index in [1.807, 2.05) is 65.2 Å². The molecule has 0 atom stereocenters. The Morgan fingerprint density at radius 1 is 1.00 bits per heavy atom. The van der Waals surface area contributed by atoms with Gasteiger partial charge in [0.1, 0.15) is 5.65 Å². The summed E-state index contributed by atoms with van der Waals surface area (Å²) in [6.07, 6.45) is 5.06. The Bertz CT molecular complexity index is 1200. The molecule has 4 aromatic rings. The summed E-state index contributed by atoms with van der Waals surface area (Å²) in [5, 5.41) is 3.00. The van der Waals surface area contributed by atoms with Gasteiger partial charge in [-0.3, -0.25) is 9.69 Å². The lowest BCUT2D eigenvalue weighted by molar-refractivity contribution is 0.0384. The molecule has 2 aromatic carbocycles. The average Bonchev–Trinajstić information content (AvgIpc) is 3.31. The molecular formula is C27H28N4O2S. The smallest absolute Gasteiger partial charge is 0.255 e. The van der Waals surface area contributed by atoms with E-state index in [-0.39, 0.29) is 5.91 Å². The van der Waals surface area contributed by atoms with E-state index < -0.39 is 0 Å². The average molecular weight is 473 g/mol. The number of carbonyl (C=O) groups excluding carboxylic acids is 1. The largest absolute Gasteiger partial charge is 0.379 e. The van der Waals surface area contributed by atoms with Crippen molar-refractivity contribution in [2.45, 2.75) is 17.1 Å². The van der Waals surface area contributed by atoms with Crippen molar-refractivity contribution < 1.29 is 9.53 Å². The van der Waals surface area contributed by atoms with E-state index in [9.17, 15) is 4.79 Å². The summed E-state index contributed by atoms with van der Waals surface area (Å²) >= 11 is 1.71. The van der Waals surface area contributed by atoms with Crippen LogP contribution in [0.25, 0.3) is 5.65 Å². The van der Waals surface area contributed by atoms with Gasteiger partial charge in [0, 0.05) is 53.9 Å². The van der Waals surface area contributed by atoms with Gasteiger partial charge in [0.25, 0.3) is 5.91 Å². The van der Waals surface area contributed by atoms with Crippen LogP contribution in [0.2, 0.25) is 0 Å². The first kappa shape index (κ1) is 22.7. The zero-order chi connectivity index (χ0) is 23.2. The van der Waals surface area contributed by atoms with Gasteiger partial charge in [0.05, 0.1) is 18.9 Å². The van der Waals surface area contributed by atoms with E-state index >= 15 is 0 Å². The maximum Gasteiger partial charge on any atom is 0.255 e. The summed E-state index contributed by atoms with van der Waals surface area (Å²) in [4.78, 5) is 20.8. The zero-order valence-electron chi connectivity index (χ0n) is 19.0. The molecule has 1 aliphatic rings. The summed E-state index contributed by atoms with van der Waals surface area (Å²) in [6, 6.07) is 21.9. The van der Waals surface area contributed by atoms with E-state index in [1.54, 1.807) is 11.8 Å². The van der Waals surface area contributed by atoms with Crippen LogP contribution in [0.5, 0.6) is 0 Å². The van der Waals surface area contributed by atoms with Gasteiger partial charge in [-0.25, -0.2) is 4.98 Å². The van der Waals surface area contributed by atoms with Crippen molar-refractivity contribution in [1.82, 2.24) is 14.3 Å². The molecule has 2 aromatic heterocycles. The molecule has 1 saturated heterocycles. The van der Waals surface area contributed by atoms with E-state index in [0.29, 0.717) is 5.56 Å². The quantitative estimate of drug-likeness (QED) is 0.375. The molecule has 5 rings (SSSR count). The van der Waals surface area contributed by atoms with Crippen molar-refractivity contribution >= 4 is 29.0 Å². The molecular weight excluding hydrogens is 444 g/mol. The lowest BCUT2D eigenvalue weighted by Gasteiger charge is -2.26. The minimum absolute atomic E-state index is 0.0991. The minimum atomic E-state index is -0.0991. The number of carbonyl (C=O) groups is 1. The van der Waals surface area contributed by atoms with Gasteiger partial charge >= 0.3 is 0 Å². The standard InChI is InChI=1S/C27H28N4O2S/c32-27(29-23-8-4-21(5-9-23)12-14-30-15-17-33-18-16-30)22-6-10-25(11-7-22)34-20-24-19-31-13-2-1-3-26(31)28-24/h1-11,13,19H,12,14-18,20H2,(H,29,32). The summed E-state index contributed by atoms with van der Waals surface area (Å²) in [7, 11) is 0. The molecule has 174 valence electrons. The first-order valence-corrected chi connectivity index (χ1v) is 12.6. The van der Waals surface area contributed by atoms with E-state index in [1.165, 1.54) is 5.56 Å². The van der Waals surface area contributed by atoms with E-state index in [0.717, 1.165) is 66.9 Å². The molecule has 0 unspecified atom stereocenters. The highest BCUT2D eigenvalue weighted by Crippen LogP contribution is 2.23. The molecule has 0 radical (unpaired) electrons. The molecule has 1 N–H and O–H groups in total. The Kier molecular flexibility index (Phi) is 7.24. The number of nitrogens with zero attached hydrogens (tertiary/aromatic N) is 3. The van der Waals surface area contributed by atoms with E-state index in [2.05, 4.69) is 33.5 Å². The van der Waals surface area contributed by atoms with Crippen molar-refractivity contribution in [3.8, 4) is 0 Å². The third-order valence-electron chi connectivity index (χ3n) is 5.95. The topological polar surface area (TPSA) is 58.9 Å². The summed E-state index contributed by atoms with van der Waals surface area (Å²) in [6.45, 7) is 4.70. The SMILES string of the molecule is O=C(Nc1ccc(CCN2CCOCC2)cc1)c1ccc(SCc2cn3ccccc3n2)cc1. The monoisotopic (exact) mass is 472 g/mol. The number of fused-ring (bicyclic) bond motifs is 1. The minimum Gasteiger partial charge on any atom is -0.379 e. The number of hydrogen-bond acceptors (Lipinski definition) is 5. The van der Waals surface area contributed by atoms with Crippen LogP contribution >= 0.6 is 11.8 Å². The number of pyridine rings is 1. The Morgan fingerprint density at radius 2 is 1.79 bits per heavy atom. The first-order chi connectivity index (χ1) is 16.7. The van der Waals surface area contributed by atoms with Crippen molar-refractivity contribution in [1.29, 1.82) is 0 Å². The van der Waals surface area contributed by atoms with Gasteiger partial charge in [-0.1, -0.05) is 18.2 Å². The highest BCUT2D eigenvalue weighted by molar-refractivity contribution is 7.98. The lowest BCUT2D eigenvalue weighted by atomic mass is 10.1. The number of imidazole rings is 1. The fraction of sp³-hybridized carbons (Fsp3) is 0.259. The van der Waals surface area contributed by atoms with Crippen molar-refractivity contribution in [3.63, 3.8) is 0 Å². The molecule has 1 aliphatic heterocycles. The number of amides is 1. The van der Waals surface area contributed by atoms with Gasteiger partial charge in [0.15, 0.2) is 0 Å². The maximum atomic E-state index is 12.7. The highest BCUT2D eigenvalue weighted by Gasteiger charge is 2.10. The van der Waals surface area contributed by atoms with Gasteiger partial charge in [-0.05, 0) is 60.5 Å². The number of ether oxygens (including phenoxy) is 1. The number of benzene rings is 2. The van der Waals surface area contributed by atoms with Crippen LogP contribution < -0.4 is 5.32 Å². The molecule has 34 heavy (non-hydrogen) atoms. The summed E-state index contributed by atoms with van der Waals surface area (Å²) in [5.74, 6) is 0.684. The van der Waals surface area contributed by atoms with Crippen LogP contribution in [0.1, 0.15) is 21.6 Å². The van der Waals surface area contributed by atoms with Crippen LogP contribution in [0.3, 0.4) is 0 Å². The molecule has 0 aliphatic carbocycles. The predicted octanol–water partition coefficient (Wildman–Crippen LogP) is 4.75. The van der Waals surface area contributed by atoms with Crippen molar-refractivity contribution in [2.24, 2.45) is 0 Å². The number of aromatic nitrogens is 2. The van der Waals surface area contributed by atoms with Crippen molar-refractivity contribution in [2.75, 3.05) is 38.2 Å². The molecule has 3 heterocycles. The Hall–Kier alpha value is -3.13. The second-order valence-electron chi connectivity index (χ2n) is 8.37. The van der Waals surface area contributed by atoms with Crippen molar-refractivity contribution in [3.05, 3.63) is 95.9 Å². The van der Waals surface area contributed by atoms with Gasteiger partial charge in [-0.2, -0.15) is 0 Å². The third-order valence-corrected chi connectivity index (χ3v) is 6.99. The van der Waals surface area contributed by atoms with Crippen LogP contribution in [-0.4, -0.2) is 53.0 Å². The number of morpholine rings is 1. The fourth-order valence-electron chi connectivity index (χ4n) is 3.99. The number of thioether (sulfide) groups is 1. The Labute approximate surface area is 204 Å². The van der Waals surface area contributed by atoms with Gasteiger partial charge < -0.3 is 14.5 Å². The van der Waals surface area contributed by atoms with Crippen LogP contribution in [0.15, 0.2) is 84.0 Å². The van der Waals surface area contributed by atoms with Crippen LogP contribution in [-0.2, 0) is 16.9 Å². The number of anilines is 1. The maximum absolute atomic E-state index is 12.7. The normalized spacial score (nSPS) is 14.4. The molecule has 0 spiro atoms. The van der Waals surface area contributed by atoms with E-state index in [4.69, 9.17) is 4.74 Å². The summed E-state index contributed by atoms with van der Waals surface area (Å²) < 4.78 is 7.43. The predicted molar refractivity (Wildman–Crippen MR) is 137 cm³/mol. The Morgan fingerprint density at radius 3 is 2.56 bits per heavy atom. The number of hydrogen-bond donors (Lipinski definition) is 1. The fourth-order valence-corrected chi connectivity index (χ4v) is 4.77. The molecule has 0 bridgehead atoms. The Balaban J connectivity index is 1.11. The number of nitrogens with one attached hydrogen (secondary N) is 1. The second kappa shape index (κ2) is 10.9. The highest BCUT2D eigenvalue weighted by atomic mass is 32.2. The first-order valence-electron chi connectivity index (χ1n) is 11.6. The molecule has 0 saturated carbocycles. The second-order valence-corrected chi connectivity index (χ2v) is 9.42. The molecule has 1 amide bonds. The molecule has 6 nitrogen and oxygen atoms in total. The lowest BCUT2D eigenvalue weighted by Crippen LogP contribution is -2.37.